The number of carbonyl (C=O) groups excluding carboxylic acids is 1. The lowest BCUT2D eigenvalue weighted by molar-refractivity contribution is -0.155. The maximum atomic E-state index is 12.4. The lowest BCUT2D eigenvalue weighted by Gasteiger charge is -2.38. The van der Waals surface area contributed by atoms with Gasteiger partial charge in [0.1, 0.15) is 12.0 Å². The molecule has 120 valence electrons. The monoisotopic (exact) mass is 303 g/mol. The summed E-state index contributed by atoms with van der Waals surface area (Å²) in [6.45, 7) is 3.08. The van der Waals surface area contributed by atoms with E-state index in [0.717, 1.165) is 24.9 Å². The molecule has 0 spiro atoms. The van der Waals surface area contributed by atoms with Gasteiger partial charge in [-0.15, -0.1) is 0 Å². The molecule has 2 bridgehead atoms. The number of carbonyl (C=O) groups is 1. The number of aliphatic hydroxyl groups is 1. The predicted octanol–water partition coefficient (Wildman–Crippen LogP) is 2.32. The Kier molecular flexibility index (Phi) is 4.79. The van der Waals surface area contributed by atoms with Crippen LogP contribution in [0.5, 0.6) is 0 Å². The molecule has 4 nitrogen and oxygen atoms in total. The maximum Gasteiger partial charge on any atom is 0.316 e. The number of benzene rings is 1. The highest BCUT2D eigenvalue weighted by atomic mass is 16.5. The number of piperidine rings is 1. The van der Waals surface area contributed by atoms with Gasteiger partial charge in [-0.05, 0) is 24.9 Å². The molecular weight excluding hydrogens is 278 g/mol. The Morgan fingerprint density at radius 2 is 1.91 bits per heavy atom. The van der Waals surface area contributed by atoms with Gasteiger partial charge in [0.05, 0.1) is 6.61 Å². The third kappa shape index (κ3) is 3.03. The summed E-state index contributed by atoms with van der Waals surface area (Å²) in [4.78, 5) is 15.0. The van der Waals surface area contributed by atoms with Crippen molar-refractivity contribution in [1.29, 1.82) is 0 Å². The fraction of sp³-hybridized carbons (Fsp3) is 0.611. The first-order valence-electron chi connectivity index (χ1n) is 8.35. The predicted molar refractivity (Wildman–Crippen MR) is 84.6 cm³/mol. The summed E-state index contributed by atoms with van der Waals surface area (Å²) in [5.74, 6) is -0.855. The Labute approximate surface area is 132 Å². The molecule has 1 aromatic rings. The van der Waals surface area contributed by atoms with Crippen LogP contribution in [0.25, 0.3) is 0 Å². The van der Waals surface area contributed by atoms with E-state index in [1.807, 2.05) is 30.3 Å². The third-order valence-corrected chi connectivity index (χ3v) is 5.16. The van der Waals surface area contributed by atoms with Crippen LogP contribution in [0.2, 0.25) is 0 Å². The summed E-state index contributed by atoms with van der Waals surface area (Å²) in [7, 11) is 0. The van der Waals surface area contributed by atoms with Crippen molar-refractivity contribution in [2.24, 2.45) is 0 Å². The van der Waals surface area contributed by atoms with Gasteiger partial charge in [0.2, 0.25) is 0 Å². The first-order valence-corrected chi connectivity index (χ1v) is 8.35. The zero-order valence-corrected chi connectivity index (χ0v) is 13.1. The smallest absolute Gasteiger partial charge is 0.316 e. The van der Waals surface area contributed by atoms with Crippen molar-refractivity contribution in [3.05, 3.63) is 35.9 Å². The molecular formula is C18H25NO3. The topological polar surface area (TPSA) is 49.8 Å². The number of hydrogen-bond donors (Lipinski definition) is 1. The molecule has 3 rings (SSSR count). The van der Waals surface area contributed by atoms with Crippen LogP contribution in [0.3, 0.4) is 0 Å². The third-order valence-electron chi connectivity index (χ3n) is 5.16. The van der Waals surface area contributed by atoms with E-state index in [1.54, 1.807) is 0 Å². The summed E-state index contributed by atoms with van der Waals surface area (Å²) in [5.41, 5.74) is 0.823. The highest BCUT2D eigenvalue weighted by molar-refractivity contribution is 5.78. The molecule has 2 fully saturated rings. The fourth-order valence-electron chi connectivity index (χ4n) is 4.08. The van der Waals surface area contributed by atoms with E-state index in [-0.39, 0.29) is 18.7 Å². The molecule has 2 aliphatic heterocycles. The lowest BCUT2D eigenvalue weighted by atomic mass is 9.98. The number of hydrogen-bond acceptors (Lipinski definition) is 4. The molecule has 0 aliphatic carbocycles. The molecule has 1 aromatic carbocycles. The van der Waals surface area contributed by atoms with Crippen molar-refractivity contribution in [3.63, 3.8) is 0 Å². The standard InChI is InChI=1S/C18H25NO3/c1-2-19-14-8-9-15(19)11-16(10-14)22-18(21)17(12-20)13-6-4-3-5-7-13/h3-7,14-17,20H,2,8-12H2,1H3/t14-,15+,16?,17?. The average molecular weight is 303 g/mol. The normalized spacial score (nSPS) is 29.3. The van der Waals surface area contributed by atoms with E-state index < -0.39 is 5.92 Å². The zero-order valence-electron chi connectivity index (χ0n) is 13.1. The molecule has 0 amide bonds. The lowest BCUT2D eigenvalue weighted by Crippen LogP contribution is -2.46. The molecule has 4 heteroatoms. The van der Waals surface area contributed by atoms with Gasteiger partial charge in [0, 0.05) is 24.9 Å². The van der Waals surface area contributed by atoms with Gasteiger partial charge in [0.15, 0.2) is 0 Å². The minimum Gasteiger partial charge on any atom is -0.462 e. The van der Waals surface area contributed by atoms with E-state index in [9.17, 15) is 9.90 Å². The molecule has 4 atom stereocenters. The van der Waals surface area contributed by atoms with Crippen LogP contribution in [-0.2, 0) is 9.53 Å². The summed E-state index contributed by atoms with van der Waals surface area (Å²) in [6, 6.07) is 10.5. The highest BCUT2D eigenvalue weighted by Gasteiger charge is 2.41. The molecule has 0 aromatic heterocycles. The SMILES string of the molecule is CCN1[C@@H]2CC[C@H]1CC(OC(=O)C(CO)c1ccccc1)C2. The largest absolute Gasteiger partial charge is 0.462 e. The number of rotatable bonds is 5. The van der Waals surface area contributed by atoms with Gasteiger partial charge in [0.25, 0.3) is 0 Å². The fourth-order valence-corrected chi connectivity index (χ4v) is 4.08. The van der Waals surface area contributed by atoms with Crippen molar-refractivity contribution >= 4 is 5.97 Å². The Bertz CT molecular complexity index is 490. The molecule has 2 aliphatic rings. The summed E-state index contributed by atoms with van der Waals surface area (Å²) in [5, 5.41) is 9.57. The number of ether oxygens (including phenoxy) is 1. The van der Waals surface area contributed by atoms with Crippen molar-refractivity contribution in [2.45, 2.75) is 56.7 Å². The Morgan fingerprint density at radius 1 is 1.27 bits per heavy atom. The van der Waals surface area contributed by atoms with Crippen LogP contribution in [0.15, 0.2) is 30.3 Å². The number of esters is 1. The Hall–Kier alpha value is -1.39. The second kappa shape index (κ2) is 6.80. The van der Waals surface area contributed by atoms with E-state index in [4.69, 9.17) is 4.74 Å². The van der Waals surface area contributed by atoms with Gasteiger partial charge in [-0.1, -0.05) is 37.3 Å². The molecule has 22 heavy (non-hydrogen) atoms. The first kappa shape index (κ1) is 15.5. The minimum atomic E-state index is -0.567. The summed E-state index contributed by atoms with van der Waals surface area (Å²) < 4.78 is 5.75. The molecule has 0 saturated carbocycles. The summed E-state index contributed by atoms with van der Waals surface area (Å²) >= 11 is 0. The molecule has 1 N–H and O–H groups in total. The van der Waals surface area contributed by atoms with Crippen LogP contribution in [0.4, 0.5) is 0 Å². The van der Waals surface area contributed by atoms with Crippen LogP contribution < -0.4 is 0 Å². The van der Waals surface area contributed by atoms with Crippen molar-refractivity contribution < 1.29 is 14.6 Å². The van der Waals surface area contributed by atoms with E-state index in [2.05, 4.69) is 11.8 Å². The van der Waals surface area contributed by atoms with Gasteiger partial charge in [-0.3, -0.25) is 9.69 Å². The first-order chi connectivity index (χ1) is 10.7. The van der Waals surface area contributed by atoms with Crippen molar-refractivity contribution in [3.8, 4) is 0 Å². The number of fused-ring (bicyclic) bond motifs is 2. The second-order valence-electron chi connectivity index (χ2n) is 6.39. The van der Waals surface area contributed by atoms with Crippen LogP contribution in [-0.4, -0.2) is 47.3 Å². The van der Waals surface area contributed by atoms with Gasteiger partial charge in [-0.2, -0.15) is 0 Å². The van der Waals surface area contributed by atoms with Crippen LogP contribution in [0, 0.1) is 0 Å². The van der Waals surface area contributed by atoms with E-state index in [1.165, 1.54) is 12.8 Å². The van der Waals surface area contributed by atoms with Crippen LogP contribution >= 0.6 is 0 Å². The van der Waals surface area contributed by atoms with Crippen molar-refractivity contribution in [2.75, 3.05) is 13.2 Å². The summed E-state index contributed by atoms with van der Waals surface area (Å²) in [6.07, 6.45) is 4.31. The molecule has 2 heterocycles. The second-order valence-corrected chi connectivity index (χ2v) is 6.39. The van der Waals surface area contributed by atoms with E-state index >= 15 is 0 Å². The molecule has 2 unspecified atom stereocenters. The quantitative estimate of drug-likeness (QED) is 0.848. The molecule has 0 radical (unpaired) electrons. The minimum absolute atomic E-state index is 0.00515. The highest BCUT2D eigenvalue weighted by Crippen LogP contribution is 2.37. The van der Waals surface area contributed by atoms with E-state index in [0.29, 0.717) is 12.1 Å². The Balaban J connectivity index is 1.62. The van der Waals surface area contributed by atoms with Crippen LogP contribution in [0.1, 0.15) is 44.1 Å². The Morgan fingerprint density at radius 3 is 2.45 bits per heavy atom. The zero-order chi connectivity index (χ0) is 15.5. The van der Waals surface area contributed by atoms with Gasteiger partial charge < -0.3 is 9.84 Å². The number of nitrogens with zero attached hydrogens (tertiary/aromatic N) is 1. The average Bonchev–Trinajstić information content (AvgIpc) is 2.79. The van der Waals surface area contributed by atoms with Crippen molar-refractivity contribution in [1.82, 2.24) is 4.90 Å². The van der Waals surface area contributed by atoms with Gasteiger partial charge in [-0.25, -0.2) is 0 Å². The molecule has 2 saturated heterocycles. The number of aliphatic hydroxyl groups excluding tert-OH is 1. The maximum absolute atomic E-state index is 12.4. The van der Waals surface area contributed by atoms with Gasteiger partial charge >= 0.3 is 5.97 Å².